The molecule has 2 N–H and O–H groups in total. The molecule has 0 aromatic heterocycles. The minimum Gasteiger partial charge on any atom is -0.393 e. The van der Waals surface area contributed by atoms with E-state index < -0.39 is 0 Å². The van der Waals surface area contributed by atoms with Crippen LogP contribution >= 0.6 is 0 Å². The highest BCUT2D eigenvalue weighted by Gasteiger charge is 2.14. The fraction of sp³-hybridized carbons (Fsp3) is 0.588. The average Bonchev–Trinajstić information content (AvgIpc) is 2.34. The van der Waals surface area contributed by atoms with E-state index in [1.807, 2.05) is 31.2 Å². The van der Waals surface area contributed by atoms with Crippen LogP contribution in [0.15, 0.2) is 24.3 Å². The van der Waals surface area contributed by atoms with Gasteiger partial charge in [0.05, 0.1) is 6.10 Å². The lowest BCUT2D eigenvalue weighted by Crippen LogP contribution is -2.29. The van der Waals surface area contributed by atoms with Gasteiger partial charge in [-0.2, -0.15) is 0 Å². The Labute approximate surface area is 122 Å². The van der Waals surface area contributed by atoms with Crippen LogP contribution in [-0.4, -0.2) is 23.7 Å². The van der Waals surface area contributed by atoms with Gasteiger partial charge in [0.15, 0.2) is 0 Å². The van der Waals surface area contributed by atoms with E-state index in [2.05, 4.69) is 26.1 Å². The van der Waals surface area contributed by atoms with Crippen molar-refractivity contribution in [3.8, 4) is 0 Å². The predicted molar refractivity (Wildman–Crippen MR) is 82.9 cm³/mol. The van der Waals surface area contributed by atoms with E-state index in [-0.39, 0.29) is 23.3 Å². The maximum Gasteiger partial charge on any atom is 0.251 e. The molecule has 0 aliphatic heterocycles. The molecule has 20 heavy (non-hydrogen) atoms. The summed E-state index contributed by atoms with van der Waals surface area (Å²) in [5.74, 6) is 0.218. The lowest BCUT2D eigenvalue weighted by molar-refractivity contribution is 0.0939. The van der Waals surface area contributed by atoms with Crippen LogP contribution in [0.25, 0.3) is 0 Å². The molecule has 2 atom stereocenters. The minimum absolute atomic E-state index is 0.0529. The summed E-state index contributed by atoms with van der Waals surface area (Å²) in [6.45, 7) is 10.8. The number of benzene rings is 1. The molecule has 0 radical (unpaired) electrons. The van der Waals surface area contributed by atoms with E-state index in [0.29, 0.717) is 18.5 Å². The molecular formula is C17H27NO2. The van der Waals surface area contributed by atoms with E-state index in [1.165, 1.54) is 5.56 Å². The van der Waals surface area contributed by atoms with Crippen LogP contribution in [-0.2, 0) is 5.41 Å². The van der Waals surface area contributed by atoms with Gasteiger partial charge in [-0.1, -0.05) is 39.8 Å². The van der Waals surface area contributed by atoms with Gasteiger partial charge in [-0.15, -0.1) is 0 Å². The largest absolute Gasteiger partial charge is 0.393 e. The van der Waals surface area contributed by atoms with Crippen molar-refractivity contribution in [2.75, 3.05) is 6.54 Å². The van der Waals surface area contributed by atoms with Gasteiger partial charge in [0.25, 0.3) is 5.91 Å². The Bertz CT molecular complexity index is 429. The molecule has 2 unspecified atom stereocenters. The summed E-state index contributed by atoms with van der Waals surface area (Å²) >= 11 is 0. The molecule has 0 fully saturated rings. The molecule has 0 heterocycles. The highest BCUT2D eigenvalue weighted by Crippen LogP contribution is 2.22. The molecule has 1 amide bonds. The third-order valence-electron chi connectivity index (χ3n) is 3.37. The molecular weight excluding hydrogens is 250 g/mol. The number of hydrogen-bond donors (Lipinski definition) is 2. The van der Waals surface area contributed by atoms with Crippen molar-refractivity contribution in [2.45, 2.75) is 52.6 Å². The van der Waals surface area contributed by atoms with E-state index >= 15 is 0 Å². The van der Waals surface area contributed by atoms with Gasteiger partial charge in [-0.3, -0.25) is 4.79 Å². The van der Waals surface area contributed by atoms with Gasteiger partial charge in [-0.05, 0) is 42.4 Å². The number of amides is 1. The van der Waals surface area contributed by atoms with Crippen LogP contribution in [0, 0.1) is 5.92 Å². The Morgan fingerprint density at radius 3 is 2.20 bits per heavy atom. The summed E-state index contributed by atoms with van der Waals surface area (Å²) < 4.78 is 0. The number of carbonyl (C=O) groups excluding carboxylic acids is 1. The van der Waals surface area contributed by atoms with E-state index in [0.717, 1.165) is 0 Å². The average molecular weight is 277 g/mol. The van der Waals surface area contributed by atoms with Crippen molar-refractivity contribution in [3.05, 3.63) is 35.4 Å². The fourth-order valence-electron chi connectivity index (χ4n) is 2.16. The molecule has 0 bridgehead atoms. The zero-order chi connectivity index (χ0) is 15.3. The van der Waals surface area contributed by atoms with Crippen LogP contribution in [0.2, 0.25) is 0 Å². The summed E-state index contributed by atoms with van der Waals surface area (Å²) in [5.41, 5.74) is 2.00. The van der Waals surface area contributed by atoms with Gasteiger partial charge < -0.3 is 10.4 Å². The van der Waals surface area contributed by atoms with Crippen LogP contribution < -0.4 is 5.32 Å². The van der Waals surface area contributed by atoms with Gasteiger partial charge >= 0.3 is 0 Å². The first-order chi connectivity index (χ1) is 9.20. The van der Waals surface area contributed by atoms with Gasteiger partial charge in [-0.25, -0.2) is 0 Å². The maximum atomic E-state index is 12.0. The molecule has 112 valence electrons. The molecule has 0 saturated heterocycles. The molecule has 1 aromatic carbocycles. The van der Waals surface area contributed by atoms with Crippen molar-refractivity contribution < 1.29 is 9.90 Å². The number of hydrogen-bond acceptors (Lipinski definition) is 2. The van der Waals surface area contributed by atoms with Crippen molar-refractivity contribution >= 4 is 5.91 Å². The summed E-state index contributed by atoms with van der Waals surface area (Å²) in [7, 11) is 0. The summed E-state index contributed by atoms with van der Waals surface area (Å²) in [6, 6.07) is 7.76. The van der Waals surface area contributed by atoms with Crippen molar-refractivity contribution in [2.24, 2.45) is 5.92 Å². The first-order valence-electron chi connectivity index (χ1n) is 7.27. The zero-order valence-corrected chi connectivity index (χ0v) is 13.2. The Morgan fingerprint density at radius 1 is 1.20 bits per heavy atom. The molecule has 0 aliphatic carbocycles. The first kappa shape index (κ1) is 16.7. The number of aliphatic hydroxyl groups is 1. The summed E-state index contributed by atoms with van der Waals surface area (Å²) in [4.78, 5) is 12.0. The molecule has 3 heteroatoms. The SMILES string of the molecule is CC(O)CC(C)CNC(=O)c1ccc(C(C)(C)C)cc1. The molecule has 3 nitrogen and oxygen atoms in total. The topological polar surface area (TPSA) is 49.3 Å². The van der Waals surface area contributed by atoms with Crippen molar-refractivity contribution in [1.29, 1.82) is 0 Å². The second-order valence-corrected chi connectivity index (χ2v) is 6.73. The maximum absolute atomic E-state index is 12.0. The third kappa shape index (κ3) is 5.33. The van der Waals surface area contributed by atoms with Crippen LogP contribution in [0.3, 0.4) is 0 Å². The monoisotopic (exact) mass is 277 g/mol. The zero-order valence-electron chi connectivity index (χ0n) is 13.2. The Balaban J connectivity index is 2.56. The first-order valence-corrected chi connectivity index (χ1v) is 7.27. The second kappa shape index (κ2) is 6.89. The smallest absolute Gasteiger partial charge is 0.251 e. The molecule has 0 saturated carbocycles. The van der Waals surface area contributed by atoms with Crippen molar-refractivity contribution in [1.82, 2.24) is 5.32 Å². The summed E-state index contributed by atoms with van der Waals surface area (Å²) in [5, 5.41) is 12.2. The molecule has 1 rings (SSSR count). The normalized spacial score (nSPS) is 14.7. The summed E-state index contributed by atoms with van der Waals surface area (Å²) in [6.07, 6.45) is 0.372. The van der Waals surface area contributed by atoms with Gasteiger partial charge in [0.2, 0.25) is 0 Å². The lowest BCUT2D eigenvalue weighted by atomic mass is 9.86. The van der Waals surface area contributed by atoms with Gasteiger partial charge in [0, 0.05) is 12.1 Å². The lowest BCUT2D eigenvalue weighted by Gasteiger charge is -2.19. The molecule has 0 aliphatic rings. The van der Waals surface area contributed by atoms with E-state index in [4.69, 9.17) is 0 Å². The highest BCUT2D eigenvalue weighted by molar-refractivity contribution is 5.94. The third-order valence-corrected chi connectivity index (χ3v) is 3.37. The van der Waals surface area contributed by atoms with Crippen LogP contribution in [0.1, 0.15) is 57.0 Å². The number of aliphatic hydroxyl groups excluding tert-OH is 1. The molecule has 0 spiro atoms. The van der Waals surface area contributed by atoms with Crippen molar-refractivity contribution in [3.63, 3.8) is 0 Å². The Morgan fingerprint density at radius 2 is 1.75 bits per heavy atom. The molecule has 1 aromatic rings. The fourth-order valence-corrected chi connectivity index (χ4v) is 2.16. The Hall–Kier alpha value is -1.35. The standard InChI is InChI=1S/C17H27NO2/c1-12(10-13(2)19)11-18-16(20)14-6-8-15(9-7-14)17(3,4)5/h6-9,12-13,19H,10-11H2,1-5H3,(H,18,20). The quantitative estimate of drug-likeness (QED) is 0.868. The van der Waals surface area contributed by atoms with Crippen LogP contribution in [0.5, 0.6) is 0 Å². The predicted octanol–water partition coefficient (Wildman–Crippen LogP) is 3.12. The van der Waals surface area contributed by atoms with Gasteiger partial charge in [0.1, 0.15) is 0 Å². The highest BCUT2D eigenvalue weighted by atomic mass is 16.3. The second-order valence-electron chi connectivity index (χ2n) is 6.73. The van der Waals surface area contributed by atoms with Crippen LogP contribution in [0.4, 0.5) is 0 Å². The minimum atomic E-state index is -0.326. The Kier molecular flexibility index (Phi) is 5.75. The van der Waals surface area contributed by atoms with E-state index in [9.17, 15) is 9.90 Å². The number of carbonyl (C=O) groups is 1. The number of nitrogens with one attached hydrogen (secondary N) is 1. The van der Waals surface area contributed by atoms with E-state index in [1.54, 1.807) is 6.92 Å². The number of rotatable bonds is 5.